The highest BCUT2D eigenvalue weighted by Crippen LogP contribution is 2.41. The molecule has 0 aliphatic rings. The van der Waals surface area contributed by atoms with E-state index in [2.05, 4.69) is 0 Å². The summed E-state index contributed by atoms with van der Waals surface area (Å²) >= 11 is 0. The molecule has 0 aliphatic carbocycles. The molecule has 1 aromatic carbocycles. The fraction of sp³-hybridized carbons (Fsp3) is 0.632. The van der Waals surface area contributed by atoms with Gasteiger partial charge in [-0.1, -0.05) is 40.0 Å². The predicted octanol–water partition coefficient (Wildman–Crippen LogP) is 4.72. The molecule has 0 saturated carbocycles. The number of benzene rings is 1. The van der Waals surface area contributed by atoms with E-state index in [1.807, 2.05) is 20.8 Å². The van der Waals surface area contributed by atoms with E-state index in [1.54, 1.807) is 0 Å². The number of carboxylic acids is 1. The SMILES string of the molecule is CCCCOOc1ccc(C(=O)O)c(OOCCCC)c1OOCCCC. The van der Waals surface area contributed by atoms with Gasteiger partial charge in [0.15, 0.2) is 0 Å². The molecule has 0 heterocycles. The van der Waals surface area contributed by atoms with Crippen molar-refractivity contribution in [3.8, 4) is 17.2 Å². The molecule has 0 radical (unpaired) electrons. The van der Waals surface area contributed by atoms with Crippen LogP contribution in [0, 0.1) is 0 Å². The highest BCUT2D eigenvalue weighted by Gasteiger charge is 2.25. The maximum absolute atomic E-state index is 11.5. The van der Waals surface area contributed by atoms with E-state index >= 15 is 0 Å². The first-order chi connectivity index (χ1) is 13.2. The molecule has 0 aliphatic heterocycles. The first-order valence-electron chi connectivity index (χ1n) is 9.44. The minimum Gasteiger partial charge on any atom is -0.478 e. The molecule has 1 rings (SSSR count). The Hall–Kier alpha value is -2.03. The molecule has 0 aromatic heterocycles. The van der Waals surface area contributed by atoms with Crippen molar-refractivity contribution in [2.45, 2.75) is 59.3 Å². The fourth-order valence-electron chi connectivity index (χ4n) is 1.86. The van der Waals surface area contributed by atoms with Gasteiger partial charge in [0, 0.05) is 0 Å². The van der Waals surface area contributed by atoms with Crippen molar-refractivity contribution in [3.63, 3.8) is 0 Å². The Balaban J connectivity index is 3.02. The molecule has 1 N–H and O–H groups in total. The van der Waals surface area contributed by atoms with Crippen molar-refractivity contribution in [2.75, 3.05) is 19.8 Å². The van der Waals surface area contributed by atoms with E-state index in [4.69, 9.17) is 29.3 Å². The van der Waals surface area contributed by atoms with Gasteiger partial charge < -0.3 is 19.8 Å². The van der Waals surface area contributed by atoms with E-state index in [9.17, 15) is 9.90 Å². The summed E-state index contributed by atoms with van der Waals surface area (Å²) < 4.78 is 0. The highest BCUT2D eigenvalue weighted by molar-refractivity contribution is 5.92. The Bertz CT molecular complexity index is 547. The molecule has 8 nitrogen and oxygen atoms in total. The van der Waals surface area contributed by atoms with E-state index in [-0.39, 0.29) is 22.8 Å². The van der Waals surface area contributed by atoms with Gasteiger partial charge in [-0.15, -0.1) is 0 Å². The third-order valence-corrected chi connectivity index (χ3v) is 3.48. The quantitative estimate of drug-likeness (QED) is 0.248. The van der Waals surface area contributed by atoms with Crippen LogP contribution in [-0.4, -0.2) is 30.9 Å². The molecule has 0 bridgehead atoms. The zero-order valence-electron chi connectivity index (χ0n) is 16.3. The first kappa shape index (κ1) is 23.0. The van der Waals surface area contributed by atoms with E-state index in [0.29, 0.717) is 19.8 Å². The summed E-state index contributed by atoms with van der Waals surface area (Å²) in [6, 6.07) is 2.76. The predicted molar refractivity (Wildman–Crippen MR) is 97.9 cm³/mol. The molecule has 0 spiro atoms. The van der Waals surface area contributed by atoms with Crippen molar-refractivity contribution in [3.05, 3.63) is 17.7 Å². The zero-order valence-corrected chi connectivity index (χ0v) is 16.3. The summed E-state index contributed by atoms with van der Waals surface area (Å²) in [5.74, 6) is -1.23. The van der Waals surface area contributed by atoms with Gasteiger partial charge in [0.05, 0.1) is 19.8 Å². The average Bonchev–Trinajstić information content (AvgIpc) is 2.66. The summed E-state index contributed by atoms with van der Waals surface area (Å²) in [7, 11) is 0. The van der Waals surface area contributed by atoms with E-state index in [0.717, 1.165) is 38.5 Å². The number of carboxylic acid groups (broad SMARTS) is 1. The lowest BCUT2D eigenvalue weighted by molar-refractivity contribution is -0.240. The molecule has 154 valence electrons. The van der Waals surface area contributed by atoms with Crippen molar-refractivity contribution in [1.29, 1.82) is 0 Å². The van der Waals surface area contributed by atoms with Crippen molar-refractivity contribution < 1.29 is 39.2 Å². The van der Waals surface area contributed by atoms with Crippen LogP contribution < -0.4 is 14.7 Å². The summed E-state index contributed by atoms with van der Waals surface area (Å²) in [5.41, 5.74) is -0.138. The van der Waals surface area contributed by atoms with Crippen LogP contribution >= 0.6 is 0 Å². The van der Waals surface area contributed by atoms with Crippen LogP contribution in [-0.2, 0) is 14.7 Å². The van der Waals surface area contributed by atoms with Crippen LogP contribution in [0.15, 0.2) is 12.1 Å². The van der Waals surface area contributed by atoms with Crippen LogP contribution in [0.25, 0.3) is 0 Å². The lowest BCUT2D eigenvalue weighted by Gasteiger charge is -2.15. The van der Waals surface area contributed by atoms with Crippen molar-refractivity contribution >= 4 is 5.97 Å². The van der Waals surface area contributed by atoms with Gasteiger partial charge >= 0.3 is 5.97 Å². The number of unbranched alkanes of at least 4 members (excludes halogenated alkanes) is 3. The van der Waals surface area contributed by atoms with Gasteiger partial charge in [0.2, 0.25) is 11.5 Å². The third-order valence-electron chi connectivity index (χ3n) is 3.48. The van der Waals surface area contributed by atoms with Crippen LogP contribution in [0.2, 0.25) is 0 Å². The Labute approximate surface area is 160 Å². The fourth-order valence-corrected chi connectivity index (χ4v) is 1.86. The molecule has 0 atom stereocenters. The van der Waals surface area contributed by atoms with Crippen LogP contribution in [0.1, 0.15) is 69.7 Å². The van der Waals surface area contributed by atoms with Crippen LogP contribution in [0.4, 0.5) is 0 Å². The second-order valence-electron chi connectivity index (χ2n) is 5.85. The minimum atomic E-state index is -1.19. The number of carbonyl (C=O) groups is 1. The van der Waals surface area contributed by atoms with Crippen LogP contribution in [0.3, 0.4) is 0 Å². The number of aromatic carboxylic acids is 1. The normalized spacial score (nSPS) is 10.6. The Morgan fingerprint density at radius 1 is 0.778 bits per heavy atom. The van der Waals surface area contributed by atoms with Crippen LogP contribution in [0.5, 0.6) is 17.2 Å². The Morgan fingerprint density at radius 2 is 1.26 bits per heavy atom. The van der Waals surface area contributed by atoms with Gasteiger partial charge in [0.25, 0.3) is 5.75 Å². The van der Waals surface area contributed by atoms with Crippen molar-refractivity contribution in [1.82, 2.24) is 0 Å². The second-order valence-corrected chi connectivity index (χ2v) is 5.85. The van der Waals surface area contributed by atoms with Gasteiger partial charge in [-0.3, -0.25) is 0 Å². The average molecular weight is 386 g/mol. The molecule has 0 unspecified atom stereocenters. The summed E-state index contributed by atoms with van der Waals surface area (Å²) in [6.45, 7) is 7.08. The summed E-state index contributed by atoms with van der Waals surface area (Å²) in [6.07, 6.45) is 5.15. The summed E-state index contributed by atoms with van der Waals surface area (Å²) in [5, 5.41) is 9.44. The van der Waals surface area contributed by atoms with Gasteiger partial charge in [-0.2, -0.15) is 14.7 Å². The van der Waals surface area contributed by atoms with Gasteiger partial charge in [-0.05, 0) is 31.4 Å². The monoisotopic (exact) mass is 386 g/mol. The minimum absolute atomic E-state index is 0.0426. The lowest BCUT2D eigenvalue weighted by atomic mass is 10.2. The molecule has 0 amide bonds. The highest BCUT2D eigenvalue weighted by atomic mass is 17.2. The standard InChI is InChI=1S/C19H30O8/c1-4-7-12-22-25-16-11-10-15(19(20)21)17(26-23-13-8-5-2)18(16)27-24-14-9-6-3/h10-11H,4-9,12-14H2,1-3H3,(H,20,21). The Morgan fingerprint density at radius 3 is 1.74 bits per heavy atom. The summed E-state index contributed by atoms with van der Waals surface area (Å²) in [4.78, 5) is 42.8. The molecule has 0 fully saturated rings. The number of hydrogen-bond acceptors (Lipinski definition) is 7. The topological polar surface area (TPSA) is 92.7 Å². The lowest BCUT2D eigenvalue weighted by Crippen LogP contribution is -2.10. The zero-order chi connectivity index (χ0) is 19.9. The largest absolute Gasteiger partial charge is 0.478 e. The van der Waals surface area contributed by atoms with Gasteiger partial charge in [0.1, 0.15) is 5.56 Å². The maximum atomic E-state index is 11.5. The molecular weight excluding hydrogens is 356 g/mol. The molecule has 27 heavy (non-hydrogen) atoms. The molecule has 8 heteroatoms. The molecule has 1 aromatic rings. The molecular formula is C19H30O8. The maximum Gasteiger partial charge on any atom is 0.339 e. The number of hydrogen-bond donors (Lipinski definition) is 1. The first-order valence-corrected chi connectivity index (χ1v) is 9.44. The van der Waals surface area contributed by atoms with Crippen molar-refractivity contribution in [2.24, 2.45) is 0 Å². The second kappa shape index (κ2) is 14.1. The van der Waals surface area contributed by atoms with E-state index in [1.165, 1.54) is 12.1 Å². The number of rotatable bonds is 16. The van der Waals surface area contributed by atoms with E-state index < -0.39 is 5.97 Å². The third kappa shape index (κ3) is 8.47. The van der Waals surface area contributed by atoms with Gasteiger partial charge in [-0.25, -0.2) is 4.79 Å². The molecule has 0 saturated heterocycles. The Kier molecular flexibility index (Phi) is 12.0. The smallest absolute Gasteiger partial charge is 0.339 e.